The molecule has 4 rings (SSSR count). The van der Waals surface area contributed by atoms with Crippen LogP contribution in [-0.4, -0.2) is 59.7 Å². The largest absolute Gasteiger partial charge is 0.477 e. The highest BCUT2D eigenvalue weighted by Crippen LogP contribution is 2.20. The number of morpholine rings is 1. The molecule has 10 heteroatoms. The minimum atomic E-state index is -0.840. The predicted octanol–water partition coefficient (Wildman–Crippen LogP) is 2.22. The van der Waals surface area contributed by atoms with Gasteiger partial charge < -0.3 is 25.0 Å². The normalized spacial score (nSPS) is 13.3. The van der Waals surface area contributed by atoms with Crippen LogP contribution in [0, 0.1) is 6.92 Å². The molecule has 3 aromatic rings. The predicted molar refractivity (Wildman–Crippen MR) is 127 cm³/mol. The van der Waals surface area contributed by atoms with E-state index < -0.39 is 11.8 Å². The highest BCUT2D eigenvalue weighted by atomic mass is 16.5. The van der Waals surface area contributed by atoms with E-state index in [9.17, 15) is 9.59 Å². The van der Waals surface area contributed by atoms with Gasteiger partial charge in [-0.15, -0.1) is 0 Å². The van der Waals surface area contributed by atoms with Crippen LogP contribution in [0.25, 0.3) is 0 Å². The van der Waals surface area contributed by atoms with E-state index in [2.05, 4.69) is 25.6 Å². The number of pyridine rings is 1. The van der Waals surface area contributed by atoms with Crippen molar-refractivity contribution in [3.63, 3.8) is 0 Å². The van der Waals surface area contributed by atoms with Crippen LogP contribution >= 0.6 is 0 Å². The number of amides is 2. The van der Waals surface area contributed by atoms with Gasteiger partial charge in [-0.05, 0) is 36.8 Å². The number of nitrogens with zero attached hydrogens (tertiary/aromatic N) is 4. The van der Waals surface area contributed by atoms with Gasteiger partial charge in [0.15, 0.2) is 0 Å². The number of aromatic nitrogens is 3. The molecule has 176 valence electrons. The Morgan fingerprint density at radius 3 is 2.62 bits per heavy atom. The molecule has 2 amide bonds. The van der Waals surface area contributed by atoms with Gasteiger partial charge in [0.1, 0.15) is 5.82 Å². The summed E-state index contributed by atoms with van der Waals surface area (Å²) in [5.41, 5.74) is 2.40. The van der Waals surface area contributed by atoms with Crippen LogP contribution < -0.4 is 20.3 Å². The van der Waals surface area contributed by atoms with Gasteiger partial charge in [0.25, 0.3) is 0 Å². The molecule has 0 atom stereocenters. The van der Waals surface area contributed by atoms with Crippen LogP contribution in [0.3, 0.4) is 0 Å². The molecule has 0 unspecified atom stereocenters. The van der Waals surface area contributed by atoms with Crippen molar-refractivity contribution in [2.75, 3.05) is 48.4 Å². The van der Waals surface area contributed by atoms with Crippen molar-refractivity contribution in [1.82, 2.24) is 15.0 Å². The first-order valence-electron chi connectivity index (χ1n) is 11.0. The van der Waals surface area contributed by atoms with Crippen molar-refractivity contribution in [2.24, 2.45) is 0 Å². The molecule has 0 spiro atoms. The summed E-state index contributed by atoms with van der Waals surface area (Å²) in [6.45, 7) is 4.57. The van der Waals surface area contributed by atoms with E-state index in [1.165, 1.54) is 6.07 Å². The van der Waals surface area contributed by atoms with Crippen LogP contribution in [0.5, 0.6) is 5.88 Å². The molecule has 2 aromatic heterocycles. The zero-order valence-corrected chi connectivity index (χ0v) is 18.9. The average Bonchev–Trinajstić information content (AvgIpc) is 2.85. The highest BCUT2D eigenvalue weighted by molar-refractivity contribution is 6.43. The Hall–Kier alpha value is -4.05. The van der Waals surface area contributed by atoms with E-state index in [1.54, 1.807) is 24.4 Å². The molecule has 0 radical (unpaired) electrons. The molecule has 1 aromatic carbocycles. The molecule has 1 saturated heterocycles. The number of anilines is 3. The van der Waals surface area contributed by atoms with Crippen molar-refractivity contribution in [3.8, 4) is 5.88 Å². The van der Waals surface area contributed by atoms with Crippen LogP contribution in [-0.2, 0) is 20.7 Å². The third-order valence-corrected chi connectivity index (χ3v) is 5.04. The van der Waals surface area contributed by atoms with Gasteiger partial charge in [0.05, 0.1) is 19.8 Å². The van der Waals surface area contributed by atoms with E-state index in [0.29, 0.717) is 56.8 Å². The molecule has 1 aliphatic heterocycles. The third kappa shape index (κ3) is 6.48. The van der Waals surface area contributed by atoms with Gasteiger partial charge in [-0.3, -0.25) is 14.6 Å². The number of carbonyl (C=O) groups is 2. The second-order valence-corrected chi connectivity index (χ2v) is 7.69. The standard InChI is InChI=1S/C24H26N6O4/c1-17-5-4-7-19(15-17)26-22(31)23(32)27-20-16-21(34-12-8-18-6-2-3-9-25-18)29-24(28-20)30-10-13-33-14-11-30/h2-7,9,15-16H,8,10-14H2,1H3,(H,26,31)(H,27,28,29,32). The van der Waals surface area contributed by atoms with Crippen molar-refractivity contribution in [1.29, 1.82) is 0 Å². The maximum atomic E-state index is 12.5. The second-order valence-electron chi connectivity index (χ2n) is 7.69. The molecule has 1 fully saturated rings. The van der Waals surface area contributed by atoms with E-state index in [-0.39, 0.29) is 5.82 Å². The van der Waals surface area contributed by atoms with Gasteiger partial charge in [0, 0.05) is 43.2 Å². The summed E-state index contributed by atoms with van der Waals surface area (Å²) in [5, 5.41) is 5.14. The van der Waals surface area contributed by atoms with E-state index in [1.807, 2.05) is 36.1 Å². The van der Waals surface area contributed by atoms with Gasteiger partial charge >= 0.3 is 11.8 Å². The molecular formula is C24H26N6O4. The maximum absolute atomic E-state index is 12.5. The lowest BCUT2D eigenvalue weighted by molar-refractivity contribution is -0.133. The lowest BCUT2D eigenvalue weighted by atomic mass is 10.2. The summed E-state index contributed by atoms with van der Waals surface area (Å²) in [5.74, 6) is -0.772. The first-order valence-corrected chi connectivity index (χ1v) is 11.0. The number of hydrogen-bond acceptors (Lipinski definition) is 8. The van der Waals surface area contributed by atoms with E-state index >= 15 is 0 Å². The number of aryl methyl sites for hydroxylation is 1. The van der Waals surface area contributed by atoms with Gasteiger partial charge in [0.2, 0.25) is 11.8 Å². The Bertz CT molecular complexity index is 1140. The second kappa shape index (κ2) is 11.2. The molecular weight excluding hydrogens is 436 g/mol. The number of benzene rings is 1. The maximum Gasteiger partial charge on any atom is 0.315 e. The van der Waals surface area contributed by atoms with E-state index in [0.717, 1.165) is 11.3 Å². The summed E-state index contributed by atoms with van der Waals surface area (Å²) in [4.78, 5) is 40.1. The van der Waals surface area contributed by atoms with Gasteiger partial charge in [-0.2, -0.15) is 9.97 Å². The zero-order valence-electron chi connectivity index (χ0n) is 18.9. The Balaban J connectivity index is 1.46. The minimum Gasteiger partial charge on any atom is -0.477 e. The first-order chi connectivity index (χ1) is 16.6. The average molecular weight is 463 g/mol. The number of ether oxygens (including phenoxy) is 2. The number of carbonyl (C=O) groups excluding carboxylic acids is 2. The van der Waals surface area contributed by atoms with Crippen LogP contribution in [0.1, 0.15) is 11.3 Å². The third-order valence-electron chi connectivity index (χ3n) is 5.04. The van der Waals surface area contributed by atoms with Crippen molar-refractivity contribution in [2.45, 2.75) is 13.3 Å². The molecule has 0 aliphatic carbocycles. The molecule has 34 heavy (non-hydrogen) atoms. The van der Waals surface area contributed by atoms with Crippen LogP contribution in [0.4, 0.5) is 17.5 Å². The number of rotatable bonds is 7. The SMILES string of the molecule is Cc1cccc(NC(=O)C(=O)Nc2cc(OCCc3ccccn3)nc(N3CCOCC3)n2)c1. The number of nitrogens with one attached hydrogen (secondary N) is 2. The molecule has 10 nitrogen and oxygen atoms in total. The minimum absolute atomic E-state index is 0.175. The lowest BCUT2D eigenvalue weighted by Gasteiger charge is -2.27. The summed E-state index contributed by atoms with van der Waals surface area (Å²) >= 11 is 0. The van der Waals surface area contributed by atoms with E-state index in [4.69, 9.17) is 9.47 Å². The van der Waals surface area contributed by atoms with Crippen LogP contribution in [0.2, 0.25) is 0 Å². The fourth-order valence-electron chi connectivity index (χ4n) is 3.35. The zero-order chi connectivity index (χ0) is 23.8. The Morgan fingerprint density at radius 1 is 1.03 bits per heavy atom. The summed E-state index contributed by atoms with van der Waals surface area (Å²) < 4.78 is 11.2. The Morgan fingerprint density at radius 2 is 1.85 bits per heavy atom. The summed E-state index contributed by atoms with van der Waals surface area (Å²) in [7, 11) is 0. The highest BCUT2D eigenvalue weighted by Gasteiger charge is 2.19. The fraction of sp³-hybridized carbons (Fsp3) is 0.292. The molecule has 2 N–H and O–H groups in total. The topological polar surface area (TPSA) is 119 Å². The molecule has 0 bridgehead atoms. The lowest BCUT2D eigenvalue weighted by Crippen LogP contribution is -2.37. The Kier molecular flexibility index (Phi) is 7.61. The van der Waals surface area contributed by atoms with Gasteiger partial charge in [-0.25, -0.2) is 0 Å². The number of hydrogen-bond donors (Lipinski definition) is 2. The Labute approximate surface area is 197 Å². The molecule has 3 heterocycles. The monoisotopic (exact) mass is 462 g/mol. The molecule has 1 aliphatic rings. The van der Waals surface area contributed by atoms with Crippen molar-refractivity contribution >= 4 is 29.3 Å². The first kappa shape index (κ1) is 23.1. The van der Waals surface area contributed by atoms with Gasteiger partial charge in [-0.1, -0.05) is 18.2 Å². The van der Waals surface area contributed by atoms with Crippen molar-refractivity contribution < 1.29 is 19.1 Å². The fourth-order valence-corrected chi connectivity index (χ4v) is 3.35. The quantitative estimate of drug-likeness (QED) is 0.513. The van der Waals surface area contributed by atoms with Crippen molar-refractivity contribution in [3.05, 3.63) is 66.0 Å². The summed E-state index contributed by atoms with van der Waals surface area (Å²) in [6, 6.07) is 14.4. The smallest absolute Gasteiger partial charge is 0.315 e. The van der Waals surface area contributed by atoms with Crippen LogP contribution in [0.15, 0.2) is 54.7 Å². The summed E-state index contributed by atoms with van der Waals surface area (Å²) in [6.07, 6.45) is 2.32. The molecule has 0 saturated carbocycles.